The number of nitrogens with zero attached hydrogens (tertiary/aromatic N) is 6. The largest absolute Gasteiger partial charge is 0.469 e. The number of benzene rings is 1. The van der Waals surface area contributed by atoms with E-state index in [0.717, 1.165) is 80.4 Å². The molecule has 36 heavy (non-hydrogen) atoms. The van der Waals surface area contributed by atoms with Gasteiger partial charge in [-0.2, -0.15) is 5.10 Å². The van der Waals surface area contributed by atoms with Crippen molar-refractivity contribution >= 4 is 22.7 Å². The number of fused-ring (bicyclic) bond motifs is 3. The highest BCUT2D eigenvalue weighted by Gasteiger charge is 2.39. The lowest BCUT2D eigenvalue weighted by atomic mass is 9.86. The number of rotatable bonds is 6. The Labute approximate surface area is 211 Å². The second-order valence-electron chi connectivity index (χ2n) is 10.4. The molecule has 9 nitrogen and oxygen atoms in total. The number of aromatic nitrogens is 4. The molecule has 2 bridgehead atoms. The van der Waals surface area contributed by atoms with Gasteiger partial charge in [-0.05, 0) is 75.4 Å². The minimum atomic E-state index is -0.139. The van der Waals surface area contributed by atoms with E-state index in [0.29, 0.717) is 24.5 Å². The van der Waals surface area contributed by atoms with Gasteiger partial charge in [0.2, 0.25) is 0 Å². The van der Waals surface area contributed by atoms with Gasteiger partial charge < -0.3 is 19.3 Å². The Bertz CT molecular complexity index is 1280. The van der Waals surface area contributed by atoms with Gasteiger partial charge >= 0.3 is 5.97 Å². The maximum Gasteiger partial charge on any atom is 0.306 e. The van der Waals surface area contributed by atoms with Crippen LogP contribution in [0.2, 0.25) is 0 Å². The molecule has 3 aliphatic rings. The van der Waals surface area contributed by atoms with E-state index in [1.165, 1.54) is 18.2 Å². The van der Waals surface area contributed by atoms with Gasteiger partial charge in [0.1, 0.15) is 11.6 Å². The lowest BCUT2D eigenvalue weighted by Gasteiger charge is -2.32. The molecule has 0 aliphatic carbocycles. The third-order valence-electron chi connectivity index (χ3n) is 8.07. The molecule has 3 aromatic rings. The molecular weight excluding hydrogens is 456 g/mol. The summed E-state index contributed by atoms with van der Waals surface area (Å²) in [6.45, 7) is 8.58. The molecule has 3 saturated heterocycles. The first-order valence-corrected chi connectivity index (χ1v) is 13.0. The second kappa shape index (κ2) is 9.44. The molecular formula is C27H34N6O3. The topological polar surface area (TPSA) is 85.6 Å². The number of aryl methyl sites for hydroxylation is 2. The smallest absolute Gasteiger partial charge is 0.306 e. The number of carbonyl (C=O) groups is 1. The van der Waals surface area contributed by atoms with E-state index in [1.807, 2.05) is 17.8 Å². The van der Waals surface area contributed by atoms with E-state index in [-0.39, 0.29) is 5.97 Å². The van der Waals surface area contributed by atoms with Crippen LogP contribution in [0.25, 0.3) is 16.7 Å². The summed E-state index contributed by atoms with van der Waals surface area (Å²) in [6.07, 6.45) is 5.95. The molecule has 190 valence electrons. The van der Waals surface area contributed by atoms with Crippen molar-refractivity contribution in [1.82, 2.24) is 24.6 Å². The molecule has 2 aromatic heterocycles. The van der Waals surface area contributed by atoms with Crippen molar-refractivity contribution in [3.8, 4) is 5.82 Å². The van der Waals surface area contributed by atoms with Crippen LogP contribution in [0.3, 0.4) is 0 Å². The lowest BCUT2D eigenvalue weighted by molar-refractivity contribution is -0.141. The van der Waals surface area contributed by atoms with Gasteiger partial charge in [0.25, 0.3) is 0 Å². The quantitative estimate of drug-likeness (QED) is 0.487. The summed E-state index contributed by atoms with van der Waals surface area (Å²) in [4.78, 5) is 25.8. The van der Waals surface area contributed by atoms with Crippen LogP contribution in [0.1, 0.15) is 48.6 Å². The molecule has 0 radical (unpaired) electrons. The summed E-state index contributed by atoms with van der Waals surface area (Å²) in [5.41, 5.74) is 3.78. The number of piperidine rings is 1. The first-order valence-electron chi connectivity index (χ1n) is 13.0. The average Bonchev–Trinajstić information content (AvgIpc) is 3.62. The van der Waals surface area contributed by atoms with Gasteiger partial charge in [-0.15, -0.1) is 0 Å². The summed E-state index contributed by atoms with van der Waals surface area (Å²) >= 11 is 0. The molecule has 0 N–H and O–H groups in total. The number of carbonyl (C=O) groups excluding carboxylic acids is 1. The molecule has 1 aromatic carbocycles. The van der Waals surface area contributed by atoms with Gasteiger partial charge in [0, 0.05) is 24.5 Å². The standard InChI is InChI=1S/C27H34N6O3/c1-17-10-20-14-28-33(26-13-25(29-18(2)30-26)32-15-22-11-21(32)16-36-22)24(20)12-23(17)19-4-7-31(8-5-19)9-6-27(34)35-3/h10,12-14,19,21-22H,4-9,11,15-16H2,1-3H3/t21-,22-/m1/s1. The number of methoxy groups -OCH3 is 1. The van der Waals surface area contributed by atoms with E-state index in [9.17, 15) is 4.79 Å². The lowest BCUT2D eigenvalue weighted by Crippen LogP contribution is -2.37. The molecule has 0 saturated carbocycles. The van der Waals surface area contributed by atoms with Crippen LogP contribution in [0, 0.1) is 13.8 Å². The minimum Gasteiger partial charge on any atom is -0.469 e. The highest BCUT2D eigenvalue weighted by Crippen LogP contribution is 2.35. The molecule has 2 atom stereocenters. The van der Waals surface area contributed by atoms with Gasteiger partial charge in [-0.25, -0.2) is 14.6 Å². The van der Waals surface area contributed by atoms with Crippen molar-refractivity contribution in [2.45, 2.75) is 57.6 Å². The van der Waals surface area contributed by atoms with Gasteiger partial charge in [0.15, 0.2) is 5.82 Å². The van der Waals surface area contributed by atoms with Crippen molar-refractivity contribution < 1.29 is 14.3 Å². The minimum absolute atomic E-state index is 0.139. The van der Waals surface area contributed by atoms with Crippen molar-refractivity contribution in [3.63, 3.8) is 0 Å². The summed E-state index contributed by atoms with van der Waals surface area (Å²) < 4.78 is 12.5. The Morgan fingerprint density at radius 2 is 1.94 bits per heavy atom. The molecule has 0 unspecified atom stereocenters. The normalized spacial score (nSPS) is 22.6. The fraction of sp³-hybridized carbons (Fsp3) is 0.556. The van der Waals surface area contributed by atoms with Crippen molar-refractivity contribution in [1.29, 1.82) is 0 Å². The number of anilines is 1. The van der Waals surface area contributed by atoms with Crippen LogP contribution >= 0.6 is 0 Å². The SMILES string of the molecule is COC(=O)CCN1CCC(c2cc3c(cnn3-c3cc(N4C[C@H]5C[C@@H]4CO5)nc(C)n3)cc2C)CC1. The monoisotopic (exact) mass is 490 g/mol. The van der Waals surface area contributed by atoms with Crippen LogP contribution in [0.5, 0.6) is 0 Å². The predicted octanol–water partition coefficient (Wildman–Crippen LogP) is 3.15. The molecule has 9 heteroatoms. The summed E-state index contributed by atoms with van der Waals surface area (Å²) in [5, 5.41) is 5.87. The Morgan fingerprint density at radius 3 is 2.67 bits per heavy atom. The zero-order chi connectivity index (χ0) is 24.8. The predicted molar refractivity (Wildman–Crippen MR) is 137 cm³/mol. The number of hydrogen-bond acceptors (Lipinski definition) is 8. The molecule has 0 spiro atoms. The average molecular weight is 491 g/mol. The number of likely N-dealkylation sites (tertiary alicyclic amines) is 1. The van der Waals surface area contributed by atoms with E-state index in [1.54, 1.807) is 0 Å². The Hall–Kier alpha value is -3.04. The van der Waals surface area contributed by atoms with Gasteiger partial charge in [0.05, 0.1) is 44.0 Å². The van der Waals surface area contributed by atoms with Crippen LogP contribution in [-0.2, 0) is 14.3 Å². The molecule has 3 fully saturated rings. The molecule has 0 amide bonds. The molecule has 3 aliphatic heterocycles. The summed E-state index contributed by atoms with van der Waals surface area (Å²) in [5.74, 6) is 2.88. The van der Waals surface area contributed by atoms with Crippen LogP contribution in [0.15, 0.2) is 24.4 Å². The van der Waals surface area contributed by atoms with Crippen LogP contribution < -0.4 is 4.90 Å². The molecule has 5 heterocycles. The Balaban J connectivity index is 1.25. The first-order chi connectivity index (χ1) is 17.5. The summed E-state index contributed by atoms with van der Waals surface area (Å²) in [6, 6.07) is 7.04. The van der Waals surface area contributed by atoms with E-state index < -0.39 is 0 Å². The first kappa shape index (κ1) is 23.4. The Kier molecular flexibility index (Phi) is 6.13. The summed E-state index contributed by atoms with van der Waals surface area (Å²) in [7, 11) is 1.45. The van der Waals surface area contributed by atoms with Gasteiger partial charge in [-0.3, -0.25) is 4.79 Å². The highest BCUT2D eigenvalue weighted by atomic mass is 16.5. The van der Waals surface area contributed by atoms with Crippen molar-refractivity contribution in [3.05, 3.63) is 41.3 Å². The number of ether oxygens (including phenoxy) is 2. The zero-order valence-electron chi connectivity index (χ0n) is 21.3. The number of morpholine rings is 1. The fourth-order valence-electron chi connectivity index (χ4n) is 6.12. The highest BCUT2D eigenvalue weighted by molar-refractivity contribution is 5.82. The second-order valence-corrected chi connectivity index (χ2v) is 10.4. The number of esters is 1. The maximum atomic E-state index is 11.5. The van der Waals surface area contributed by atoms with E-state index in [4.69, 9.17) is 24.5 Å². The van der Waals surface area contributed by atoms with Crippen LogP contribution in [-0.4, -0.2) is 82.7 Å². The van der Waals surface area contributed by atoms with Crippen molar-refractivity contribution in [2.24, 2.45) is 0 Å². The van der Waals surface area contributed by atoms with E-state index in [2.05, 4.69) is 34.9 Å². The fourth-order valence-corrected chi connectivity index (χ4v) is 6.12. The third kappa shape index (κ3) is 4.35. The number of hydrogen-bond donors (Lipinski definition) is 0. The van der Waals surface area contributed by atoms with Crippen molar-refractivity contribution in [2.75, 3.05) is 44.8 Å². The Morgan fingerprint density at radius 1 is 1.14 bits per heavy atom. The zero-order valence-corrected chi connectivity index (χ0v) is 21.3. The van der Waals surface area contributed by atoms with Crippen LogP contribution in [0.4, 0.5) is 5.82 Å². The van der Waals surface area contributed by atoms with E-state index >= 15 is 0 Å². The third-order valence-corrected chi connectivity index (χ3v) is 8.07. The maximum absolute atomic E-state index is 11.5. The molecule has 6 rings (SSSR count). The van der Waals surface area contributed by atoms with Gasteiger partial charge in [-0.1, -0.05) is 0 Å².